The molecule has 0 radical (unpaired) electrons. The smallest absolute Gasteiger partial charge is 0.292 e. The van der Waals surface area contributed by atoms with Crippen LogP contribution < -0.4 is 0 Å². The van der Waals surface area contributed by atoms with Crippen molar-refractivity contribution in [2.45, 2.75) is 25.6 Å². The third kappa shape index (κ3) is 1.87. The van der Waals surface area contributed by atoms with E-state index in [1.165, 1.54) is 4.90 Å². The van der Waals surface area contributed by atoms with Gasteiger partial charge < -0.3 is 0 Å². The summed E-state index contributed by atoms with van der Waals surface area (Å²) in [5, 5.41) is 0. The van der Waals surface area contributed by atoms with Gasteiger partial charge in [-0.05, 0) is 13.3 Å². The Morgan fingerprint density at radius 2 is 2.10 bits per heavy atom. The zero-order chi connectivity index (χ0) is 7.78. The van der Waals surface area contributed by atoms with Crippen molar-refractivity contribution in [1.29, 1.82) is 0 Å². The maximum absolute atomic E-state index is 11.7. The van der Waals surface area contributed by atoms with Gasteiger partial charge in [0.2, 0.25) is 0 Å². The monoisotopic (exact) mass is 153 g/mol. The van der Waals surface area contributed by atoms with Crippen LogP contribution in [0.4, 0.5) is 13.2 Å². The Morgan fingerprint density at radius 3 is 2.20 bits per heavy atom. The third-order valence-electron chi connectivity index (χ3n) is 1.84. The molecular weight excluding hydrogens is 143 g/mol. The second-order valence-corrected chi connectivity index (χ2v) is 2.72. The largest absolute Gasteiger partial charge is 0.401 e. The predicted molar refractivity (Wildman–Crippen MR) is 31.7 cm³/mol. The Kier molecular flexibility index (Phi) is 1.90. The summed E-state index contributed by atoms with van der Waals surface area (Å²) in [5.41, 5.74) is 0. The molecular formula is C6H10F3N. The highest BCUT2D eigenvalue weighted by atomic mass is 19.4. The topological polar surface area (TPSA) is 3.24 Å². The maximum atomic E-state index is 11.7. The summed E-state index contributed by atoms with van der Waals surface area (Å²) in [6.45, 7) is 1.67. The summed E-state index contributed by atoms with van der Waals surface area (Å²) < 4.78 is 35.0. The predicted octanol–water partition coefficient (Wildman–Crippen LogP) is 1.64. The van der Waals surface area contributed by atoms with E-state index in [0.717, 1.165) is 6.42 Å². The highest BCUT2D eigenvalue weighted by Crippen LogP contribution is 2.23. The standard InChI is InChI=1S/C6H10F3N/c1-5-2-3-10(5)4-6(7,8)9/h5H,2-4H2,1H3/t5-/m1/s1. The second-order valence-electron chi connectivity index (χ2n) is 2.72. The van der Waals surface area contributed by atoms with E-state index < -0.39 is 12.7 Å². The Balaban J connectivity index is 2.26. The quantitative estimate of drug-likeness (QED) is 0.553. The Morgan fingerprint density at radius 1 is 1.50 bits per heavy atom. The minimum Gasteiger partial charge on any atom is -0.292 e. The lowest BCUT2D eigenvalue weighted by Crippen LogP contribution is -2.49. The van der Waals surface area contributed by atoms with Crippen molar-refractivity contribution >= 4 is 0 Å². The minimum absolute atomic E-state index is 0.127. The minimum atomic E-state index is -4.02. The number of hydrogen-bond acceptors (Lipinski definition) is 1. The van der Waals surface area contributed by atoms with Crippen LogP contribution in [0.15, 0.2) is 0 Å². The molecule has 1 heterocycles. The van der Waals surface area contributed by atoms with Crippen molar-refractivity contribution in [1.82, 2.24) is 4.90 Å². The first-order valence-corrected chi connectivity index (χ1v) is 3.30. The molecule has 0 aromatic carbocycles. The first-order valence-electron chi connectivity index (χ1n) is 3.30. The zero-order valence-electron chi connectivity index (χ0n) is 5.78. The molecule has 1 saturated heterocycles. The summed E-state index contributed by atoms with van der Waals surface area (Å²) in [6, 6.07) is 0.127. The molecule has 60 valence electrons. The Bertz CT molecular complexity index is 121. The molecule has 0 spiro atoms. The van der Waals surface area contributed by atoms with Gasteiger partial charge >= 0.3 is 6.18 Å². The molecule has 0 amide bonds. The van der Waals surface area contributed by atoms with E-state index in [0.29, 0.717) is 6.54 Å². The number of alkyl halides is 3. The fraction of sp³-hybridized carbons (Fsp3) is 1.00. The highest BCUT2D eigenvalue weighted by molar-refractivity contribution is 4.80. The fourth-order valence-corrected chi connectivity index (χ4v) is 1.04. The van der Waals surface area contributed by atoms with E-state index in [-0.39, 0.29) is 6.04 Å². The molecule has 0 N–H and O–H groups in total. The van der Waals surface area contributed by atoms with Gasteiger partial charge in [0.25, 0.3) is 0 Å². The lowest BCUT2D eigenvalue weighted by atomic mass is 10.1. The van der Waals surface area contributed by atoms with Gasteiger partial charge in [0.15, 0.2) is 0 Å². The molecule has 0 saturated carbocycles. The molecule has 0 unspecified atom stereocenters. The van der Waals surface area contributed by atoms with Gasteiger partial charge in [0.05, 0.1) is 6.54 Å². The Hall–Kier alpha value is -0.250. The van der Waals surface area contributed by atoms with Crippen molar-refractivity contribution in [3.8, 4) is 0 Å². The van der Waals surface area contributed by atoms with E-state index in [9.17, 15) is 13.2 Å². The van der Waals surface area contributed by atoms with Gasteiger partial charge in [-0.25, -0.2) is 0 Å². The SMILES string of the molecule is C[C@@H]1CCN1CC(F)(F)F. The normalized spacial score (nSPS) is 28.2. The van der Waals surface area contributed by atoms with Crippen molar-refractivity contribution < 1.29 is 13.2 Å². The molecule has 1 nitrogen and oxygen atoms in total. The van der Waals surface area contributed by atoms with Crippen molar-refractivity contribution in [2.75, 3.05) is 13.1 Å². The van der Waals surface area contributed by atoms with E-state index in [2.05, 4.69) is 0 Å². The van der Waals surface area contributed by atoms with Gasteiger partial charge in [-0.2, -0.15) is 13.2 Å². The van der Waals surface area contributed by atoms with Crippen LogP contribution in [-0.2, 0) is 0 Å². The van der Waals surface area contributed by atoms with Gasteiger partial charge in [-0.15, -0.1) is 0 Å². The first-order chi connectivity index (χ1) is 4.49. The fourth-order valence-electron chi connectivity index (χ4n) is 1.04. The van der Waals surface area contributed by atoms with Crippen LogP contribution in [0.5, 0.6) is 0 Å². The lowest BCUT2D eigenvalue weighted by molar-refractivity contribution is -0.160. The average molecular weight is 153 g/mol. The van der Waals surface area contributed by atoms with Gasteiger partial charge in [0, 0.05) is 12.6 Å². The van der Waals surface area contributed by atoms with Gasteiger partial charge in [0.1, 0.15) is 0 Å². The van der Waals surface area contributed by atoms with E-state index in [1.807, 2.05) is 6.92 Å². The van der Waals surface area contributed by atoms with E-state index >= 15 is 0 Å². The first kappa shape index (κ1) is 7.85. The number of nitrogens with zero attached hydrogens (tertiary/aromatic N) is 1. The molecule has 0 bridgehead atoms. The third-order valence-corrected chi connectivity index (χ3v) is 1.84. The van der Waals surface area contributed by atoms with Crippen molar-refractivity contribution in [2.24, 2.45) is 0 Å². The number of hydrogen-bond donors (Lipinski definition) is 0. The maximum Gasteiger partial charge on any atom is 0.401 e. The summed E-state index contributed by atoms with van der Waals surface area (Å²) in [5.74, 6) is 0. The van der Waals surface area contributed by atoms with Crippen molar-refractivity contribution in [3.63, 3.8) is 0 Å². The second kappa shape index (κ2) is 2.42. The molecule has 1 rings (SSSR count). The molecule has 1 atom stereocenters. The van der Waals surface area contributed by atoms with E-state index in [4.69, 9.17) is 0 Å². The van der Waals surface area contributed by atoms with Crippen LogP contribution in [0, 0.1) is 0 Å². The molecule has 0 aromatic heterocycles. The molecule has 1 fully saturated rings. The average Bonchev–Trinajstić information content (AvgIpc) is 1.78. The number of rotatable bonds is 1. The number of likely N-dealkylation sites (tertiary alicyclic amines) is 1. The molecule has 10 heavy (non-hydrogen) atoms. The summed E-state index contributed by atoms with van der Waals surface area (Å²) in [6.07, 6.45) is -3.12. The lowest BCUT2D eigenvalue weighted by Gasteiger charge is -2.38. The molecule has 1 aliphatic rings. The van der Waals surface area contributed by atoms with Crippen LogP contribution in [0.3, 0.4) is 0 Å². The molecule has 0 aromatic rings. The van der Waals surface area contributed by atoms with Gasteiger partial charge in [-0.1, -0.05) is 0 Å². The van der Waals surface area contributed by atoms with Crippen LogP contribution in [0.1, 0.15) is 13.3 Å². The van der Waals surface area contributed by atoms with Crippen LogP contribution in [0.25, 0.3) is 0 Å². The summed E-state index contributed by atoms with van der Waals surface area (Å²) >= 11 is 0. The zero-order valence-corrected chi connectivity index (χ0v) is 5.78. The number of halogens is 3. The van der Waals surface area contributed by atoms with Crippen LogP contribution in [-0.4, -0.2) is 30.2 Å². The highest BCUT2D eigenvalue weighted by Gasteiger charge is 2.35. The molecule has 4 heteroatoms. The summed E-state index contributed by atoms with van der Waals surface area (Å²) in [4.78, 5) is 1.43. The van der Waals surface area contributed by atoms with Crippen molar-refractivity contribution in [3.05, 3.63) is 0 Å². The van der Waals surface area contributed by atoms with Crippen LogP contribution in [0.2, 0.25) is 0 Å². The van der Waals surface area contributed by atoms with Gasteiger partial charge in [-0.3, -0.25) is 4.90 Å². The molecule has 1 aliphatic heterocycles. The molecule has 0 aliphatic carbocycles. The Labute approximate surface area is 57.8 Å². The van der Waals surface area contributed by atoms with Crippen LogP contribution >= 0.6 is 0 Å². The summed E-state index contributed by atoms with van der Waals surface area (Å²) in [7, 11) is 0. The van der Waals surface area contributed by atoms with E-state index in [1.54, 1.807) is 0 Å².